The Labute approximate surface area is 116 Å². The Kier molecular flexibility index (Phi) is 4.14. The molecule has 1 fully saturated rings. The van der Waals surface area contributed by atoms with Gasteiger partial charge in [-0.15, -0.1) is 0 Å². The predicted octanol–water partition coefficient (Wildman–Crippen LogP) is 3.42. The molecule has 1 N–H and O–H groups in total. The number of halogens is 1. The van der Waals surface area contributed by atoms with Gasteiger partial charge in [0.1, 0.15) is 5.82 Å². The third kappa shape index (κ3) is 3.47. The van der Waals surface area contributed by atoms with Gasteiger partial charge in [-0.05, 0) is 48.6 Å². The van der Waals surface area contributed by atoms with E-state index in [0.717, 1.165) is 24.3 Å². The summed E-state index contributed by atoms with van der Waals surface area (Å²) >= 11 is 0. The van der Waals surface area contributed by atoms with Crippen LogP contribution >= 0.6 is 0 Å². The van der Waals surface area contributed by atoms with Gasteiger partial charge in [0.25, 0.3) is 0 Å². The van der Waals surface area contributed by atoms with Gasteiger partial charge in [-0.25, -0.2) is 4.39 Å². The van der Waals surface area contributed by atoms with E-state index in [4.69, 9.17) is 0 Å². The fraction of sp³-hybridized carbons (Fsp3) is 0.625. The Hall–Kier alpha value is -1.09. The van der Waals surface area contributed by atoms with Crippen molar-refractivity contribution >= 4 is 5.69 Å². The maximum absolute atomic E-state index is 13.7. The maximum Gasteiger partial charge on any atom is 0.125 e. The Morgan fingerprint density at radius 2 is 2.05 bits per heavy atom. The lowest BCUT2D eigenvalue weighted by Crippen LogP contribution is -2.26. The van der Waals surface area contributed by atoms with Gasteiger partial charge in [-0.2, -0.15) is 0 Å². The first-order valence-corrected chi connectivity index (χ1v) is 7.09. The molecule has 0 amide bonds. The molecule has 2 rings (SSSR count). The molecule has 1 saturated heterocycles. The van der Waals surface area contributed by atoms with Crippen LogP contribution in [0.4, 0.5) is 10.1 Å². The molecule has 1 aromatic rings. The van der Waals surface area contributed by atoms with Crippen molar-refractivity contribution in [1.29, 1.82) is 0 Å². The van der Waals surface area contributed by atoms with Gasteiger partial charge in [0, 0.05) is 25.3 Å². The highest BCUT2D eigenvalue weighted by molar-refractivity contribution is 5.50. The first-order valence-electron chi connectivity index (χ1n) is 7.09. The van der Waals surface area contributed by atoms with E-state index >= 15 is 0 Å². The molecule has 0 aliphatic carbocycles. The zero-order valence-corrected chi connectivity index (χ0v) is 12.5. The molecule has 1 aliphatic heterocycles. The quantitative estimate of drug-likeness (QED) is 0.900. The van der Waals surface area contributed by atoms with Crippen molar-refractivity contribution in [1.82, 2.24) is 5.32 Å². The van der Waals surface area contributed by atoms with Crippen molar-refractivity contribution < 1.29 is 4.39 Å². The molecule has 1 unspecified atom stereocenters. The summed E-state index contributed by atoms with van der Waals surface area (Å²) in [6, 6.07) is 5.37. The second-order valence-electron chi connectivity index (χ2n) is 6.65. The molecule has 1 aromatic carbocycles. The van der Waals surface area contributed by atoms with Crippen molar-refractivity contribution in [2.24, 2.45) is 11.3 Å². The van der Waals surface area contributed by atoms with Gasteiger partial charge in [-0.3, -0.25) is 0 Å². The first kappa shape index (κ1) is 14.3. The van der Waals surface area contributed by atoms with Gasteiger partial charge in [-0.1, -0.05) is 20.8 Å². The van der Waals surface area contributed by atoms with Gasteiger partial charge in [0.15, 0.2) is 0 Å². The number of nitrogens with zero attached hydrogens (tertiary/aromatic N) is 1. The molecule has 1 aliphatic rings. The lowest BCUT2D eigenvalue weighted by atomic mass is 9.80. The van der Waals surface area contributed by atoms with Crippen LogP contribution in [0.5, 0.6) is 0 Å². The monoisotopic (exact) mass is 264 g/mol. The normalized spacial score (nSPS) is 20.1. The Balaban J connectivity index is 2.15. The van der Waals surface area contributed by atoms with Crippen LogP contribution in [-0.2, 0) is 6.54 Å². The summed E-state index contributed by atoms with van der Waals surface area (Å²) in [7, 11) is 1.88. The molecule has 1 atom stereocenters. The van der Waals surface area contributed by atoms with Crippen LogP contribution in [0.15, 0.2) is 18.2 Å². The minimum atomic E-state index is -0.137. The van der Waals surface area contributed by atoms with E-state index in [1.165, 1.54) is 6.42 Å². The molecular formula is C16H25FN2. The number of anilines is 1. The molecule has 3 heteroatoms. The zero-order valence-electron chi connectivity index (χ0n) is 12.5. The highest BCUT2D eigenvalue weighted by Crippen LogP contribution is 2.35. The van der Waals surface area contributed by atoms with E-state index < -0.39 is 0 Å². The van der Waals surface area contributed by atoms with Crippen LogP contribution in [0.25, 0.3) is 0 Å². The number of hydrogen-bond acceptors (Lipinski definition) is 2. The van der Waals surface area contributed by atoms with Crippen molar-refractivity contribution in [2.45, 2.75) is 33.7 Å². The maximum atomic E-state index is 13.7. The molecule has 106 valence electrons. The summed E-state index contributed by atoms with van der Waals surface area (Å²) < 4.78 is 13.7. The number of nitrogens with one attached hydrogen (secondary N) is 1. The van der Waals surface area contributed by atoms with Crippen LogP contribution in [0, 0.1) is 17.2 Å². The predicted molar refractivity (Wildman–Crippen MR) is 78.9 cm³/mol. The first-order chi connectivity index (χ1) is 8.90. The summed E-state index contributed by atoms with van der Waals surface area (Å²) in [5.74, 6) is 0.547. The highest BCUT2D eigenvalue weighted by Gasteiger charge is 2.31. The molecular weight excluding hydrogens is 239 g/mol. The van der Waals surface area contributed by atoms with Crippen LogP contribution in [0.2, 0.25) is 0 Å². The summed E-state index contributed by atoms with van der Waals surface area (Å²) in [6.07, 6.45) is 1.20. The fourth-order valence-corrected chi connectivity index (χ4v) is 2.82. The van der Waals surface area contributed by atoms with Gasteiger partial charge < -0.3 is 10.2 Å². The van der Waals surface area contributed by atoms with Crippen LogP contribution in [0.1, 0.15) is 32.8 Å². The molecule has 0 saturated carbocycles. The standard InChI is InChI=1S/C16H25FN2/c1-16(2,3)13-5-6-19(11-13)15-8-12(10-18-4)7-14(17)9-15/h7-9,13,18H,5-6,10-11H2,1-4H3. The van der Waals surface area contributed by atoms with Gasteiger partial charge in [0.05, 0.1) is 0 Å². The summed E-state index contributed by atoms with van der Waals surface area (Å²) in [4.78, 5) is 2.32. The molecule has 2 nitrogen and oxygen atoms in total. The molecule has 0 spiro atoms. The zero-order chi connectivity index (χ0) is 14.0. The Morgan fingerprint density at radius 3 is 2.63 bits per heavy atom. The lowest BCUT2D eigenvalue weighted by molar-refractivity contribution is 0.263. The van der Waals surface area contributed by atoms with E-state index in [1.807, 2.05) is 7.05 Å². The molecule has 19 heavy (non-hydrogen) atoms. The smallest absolute Gasteiger partial charge is 0.125 e. The van der Waals surface area contributed by atoms with Crippen LogP contribution in [-0.4, -0.2) is 20.1 Å². The second-order valence-corrected chi connectivity index (χ2v) is 6.65. The van der Waals surface area contributed by atoms with Gasteiger partial charge >= 0.3 is 0 Å². The van der Waals surface area contributed by atoms with Crippen LogP contribution < -0.4 is 10.2 Å². The Morgan fingerprint density at radius 1 is 1.32 bits per heavy atom. The topological polar surface area (TPSA) is 15.3 Å². The summed E-state index contributed by atoms with van der Waals surface area (Å²) in [5, 5.41) is 3.08. The summed E-state index contributed by atoms with van der Waals surface area (Å²) in [6.45, 7) is 9.65. The number of hydrogen-bond donors (Lipinski definition) is 1. The largest absolute Gasteiger partial charge is 0.371 e. The summed E-state index contributed by atoms with van der Waals surface area (Å²) in [5.41, 5.74) is 2.37. The molecule has 0 bridgehead atoms. The SMILES string of the molecule is CNCc1cc(F)cc(N2CCC(C(C)(C)C)C2)c1. The molecule has 0 radical (unpaired) electrons. The minimum Gasteiger partial charge on any atom is -0.371 e. The van der Waals surface area contributed by atoms with E-state index in [-0.39, 0.29) is 5.82 Å². The van der Waals surface area contributed by atoms with Gasteiger partial charge in [0.2, 0.25) is 0 Å². The van der Waals surface area contributed by atoms with E-state index in [9.17, 15) is 4.39 Å². The molecule has 0 aromatic heterocycles. The number of rotatable bonds is 3. The van der Waals surface area contributed by atoms with Crippen LogP contribution in [0.3, 0.4) is 0 Å². The average Bonchev–Trinajstić information content (AvgIpc) is 2.77. The average molecular weight is 264 g/mol. The third-order valence-electron chi connectivity index (χ3n) is 4.10. The highest BCUT2D eigenvalue weighted by atomic mass is 19.1. The minimum absolute atomic E-state index is 0.137. The van der Waals surface area contributed by atoms with Crippen molar-refractivity contribution in [2.75, 3.05) is 25.0 Å². The van der Waals surface area contributed by atoms with Crippen molar-refractivity contribution in [3.8, 4) is 0 Å². The third-order valence-corrected chi connectivity index (χ3v) is 4.10. The fourth-order valence-electron chi connectivity index (χ4n) is 2.82. The molecule has 1 heterocycles. The van der Waals surface area contributed by atoms with Crippen molar-refractivity contribution in [3.05, 3.63) is 29.6 Å². The van der Waals surface area contributed by atoms with Crippen molar-refractivity contribution in [3.63, 3.8) is 0 Å². The van der Waals surface area contributed by atoms with E-state index in [2.05, 4.69) is 37.1 Å². The lowest BCUT2D eigenvalue weighted by Gasteiger charge is -2.27. The second kappa shape index (κ2) is 5.49. The Bertz CT molecular complexity index is 437. The number of benzene rings is 1. The van der Waals surface area contributed by atoms with E-state index in [1.54, 1.807) is 12.1 Å². The van der Waals surface area contributed by atoms with E-state index in [0.29, 0.717) is 17.9 Å².